The average Bonchev–Trinajstić information content (AvgIpc) is 3.40. The summed E-state index contributed by atoms with van der Waals surface area (Å²) in [7, 11) is 0. The fourth-order valence-corrected chi connectivity index (χ4v) is 4.22. The van der Waals surface area contributed by atoms with Crippen LogP contribution in [0.1, 0.15) is 24.0 Å². The molecule has 0 bridgehead atoms. The van der Waals surface area contributed by atoms with E-state index in [1.165, 1.54) is 18.5 Å². The molecule has 3 aromatic rings. The monoisotopic (exact) mass is 441 g/mol. The molecule has 8 heteroatoms. The number of carboxylic acid groups (broad SMARTS) is 1. The maximum absolute atomic E-state index is 11.8. The Kier molecular flexibility index (Phi) is 6.11. The van der Waals surface area contributed by atoms with E-state index in [9.17, 15) is 9.90 Å². The molecule has 2 heterocycles. The van der Waals surface area contributed by atoms with E-state index in [1.54, 1.807) is 30.3 Å². The van der Waals surface area contributed by atoms with Crippen LogP contribution in [-0.4, -0.2) is 34.4 Å². The summed E-state index contributed by atoms with van der Waals surface area (Å²) in [4.78, 5) is 14.3. The highest BCUT2D eigenvalue weighted by Gasteiger charge is 2.17. The van der Waals surface area contributed by atoms with Crippen LogP contribution >= 0.6 is 23.4 Å². The van der Waals surface area contributed by atoms with Crippen molar-refractivity contribution in [1.29, 1.82) is 0 Å². The first-order chi connectivity index (χ1) is 14.5. The van der Waals surface area contributed by atoms with Crippen LogP contribution in [0.3, 0.4) is 0 Å². The van der Waals surface area contributed by atoms with Gasteiger partial charge in [-0.15, -0.1) is 10.2 Å². The Morgan fingerprint density at radius 3 is 2.57 bits per heavy atom. The summed E-state index contributed by atoms with van der Waals surface area (Å²) in [6, 6.07) is 13.0. The molecular weight excluding hydrogens is 422 g/mol. The maximum Gasteiger partial charge on any atom is 0.342 e. The van der Waals surface area contributed by atoms with E-state index < -0.39 is 5.97 Å². The third-order valence-electron chi connectivity index (χ3n) is 4.87. The normalized spacial score (nSPS) is 14.3. The number of hydrogen-bond donors (Lipinski definition) is 1. The summed E-state index contributed by atoms with van der Waals surface area (Å²) in [5.74, 6) is -0.739. The molecular formula is C22H20ClN3O3S. The molecule has 2 aromatic carbocycles. The molecule has 0 unspecified atom stereocenters. The Morgan fingerprint density at radius 2 is 1.90 bits per heavy atom. The topological polar surface area (TPSA) is 79.5 Å². The van der Waals surface area contributed by atoms with Crippen LogP contribution in [0, 0.1) is 6.92 Å². The van der Waals surface area contributed by atoms with Gasteiger partial charge >= 0.3 is 5.97 Å². The van der Waals surface area contributed by atoms with Gasteiger partial charge in [0.1, 0.15) is 4.91 Å². The quantitative estimate of drug-likeness (QED) is 0.398. The summed E-state index contributed by atoms with van der Waals surface area (Å²) in [6.45, 7) is 4.19. The summed E-state index contributed by atoms with van der Waals surface area (Å²) < 4.78 is 5.63. The standard InChI is InChI=1S/C22H20ClN3O3S/c1-14-12-15(4-9-18(14)26-10-2-3-11-26)13-19(21(27)28)30-22-25-24-20(29-22)16-5-7-17(23)8-6-16/h4-9,12-13H,2-3,10-11H2,1H3,(H,27,28)/b19-13+. The van der Waals surface area contributed by atoms with Gasteiger partial charge in [-0.05, 0) is 85.1 Å². The van der Waals surface area contributed by atoms with E-state index in [0.717, 1.165) is 36.0 Å². The molecule has 0 aliphatic carbocycles. The van der Waals surface area contributed by atoms with Crippen LogP contribution in [0.2, 0.25) is 5.02 Å². The first kappa shape index (κ1) is 20.5. The first-order valence-electron chi connectivity index (χ1n) is 9.57. The maximum atomic E-state index is 11.8. The van der Waals surface area contributed by atoms with Crippen molar-refractivity contribution in [1.82, 2.24) is 10.2 Å². The Labute approximate surface area is 183 Å². The summed E-state index contributed by atoms with van der Waals surface area (Å²) >= 11 is 6.83. The van der Waals surface area contributed by atoms with Crippen molar-refractivity contribution in [2.75, 3.05) is 18.0 Å². The van der Waals surface area contributed by atoms with E-state index in [0.29, 0.717) is 16.5 Å². The third kappa shape index (κ3) is 4.68. The molecule has 0 radical (unpaired) electrons. The lowest BCUT2D eigenvalue weighted by Crippen LogP contribution is -2.18. The lowest BCUT2D eigenvalue weighted by Gasteiger charge is -2.20. The summed E-state index contributed by atoms with van der Waals surface area (Å²) in [5, 5.41) is 18.4. The molecule has 0 atom stereocenters. The van der Waals surface area contributed by atoms with E-state index in [-0.39, 0.29) is 10.1 Å². The van der Waals surface area contributed by atoms with Gasteiger partial charge in [0, 0.05) is 29.4 Å². The van der Waals surface area contributed by atoms with E-state index in [4.69, 9.17) is 16.0 Å². The van der Waals surface area contributed by atoms with Gasteiger partial charge in [0.25, 0.3) is 5.22 Å². The van der Waals surface area contributed by atoms with E-state index in [2.05, 4.69) is 28.1 Å². The molecule has 4 rings (SSSR count). The van der Waals surface area contributed by atoms with Gasteiger partial charge in [0.05, 0.1) is 0 Å². The van der Waals surface area contributed by atoms with Crippen LogP contribution in [0.15, 0.2) is 57.0 Å². The number of nitrogens with zero attached hydrogens (tertiary/aromatic N) is 3. The molecule has 30 heavy (non-hydrogen) atoms. The van der Waals surface area contributed by atoms with Crippen molar-refractivity contribution in [2.45, 2.75) is 25.0 Å². The number of carbonyl (C=O) groups is 1. The highest BCUT2D eigenvalue weighted by molar-refractivity contribution is 8.03. The molecule has 0 saturated carbocycles. The predicted octanol–water partition coefficient (Wildman–Crippen LogP) is 5.52. The Morgan fingerprint density at radius 1 is 1.17 bits per heavy atom. The van der Waals surface area contributed by atoms with Crippen LogP contribution in [0.5, 0.6) is 0 Å². The van der Waals surface area contributed by atoms with Crippen molar-refractivity contribution in [2.24, 2.45) is 0 Å². The minimum atomic E-state index is -1.05. The second-order valence-electron chi connectivity index (χ2n) is 7.04. The molecule has 1 N–H and O–H groups in total. The van der Waals surface area contributed by atoms with Crippen molar-refractivity contribution in [3.63, 3.8) is 0 Å². The van der Waals surface area contributed by atoms with Gasteiger partial charge < -0.3 is 14.4 Å². The zero-order valence-electron chi connectivity index (χ0n) is 16.3. The average molecular weight is 442 g/mol. The Hall–Kier alpha value is -2.77. The van der Waals surface area contributed by atoms with Gasteiger partial charge in [-0.1, -0.05) is 17.7 Å². The summed E-state index contributed by atoms with van der Waals surface area (Å²) in [6.07, 6.45) is 4.05. The largest absolute Gasteiger partial charge is 0.477 e. The third-order valence-corrected chi connectivity index (χ3v) is 5.98. The van der Waals surface area contributed by atoms with Crippen LogP contribution in [0.25, 0.3) is 17.5 Å². The van der Waals surface area contributed by atoms with Gasteiger partial charge in [0.2, 0.25) is 5.89 Å². The van der Waals surface area contributed by atoms with Crippen molar-refractivity contribution in [3.05, 3.63) is 63.5 Å². The zero-order valence-corrected chi connectivity index (χ0v) is 17.9. The molecule has 1 aromatic heterocycles. The molecule has 1 aliphatic heterocycles. The SMILES string of the molecule is Cc1cc(/C=C(/Sc2nnc(-c3ccc(Cl)cc3)o2)C(=O)O)ccc1N1CCCC1. The van der Waals surface area contributed by atoms with Crippen LogP contribution in [-0.2, 0) is 4.79 Å². The zero-order chi connectivity index (χ0) is 21.1. The molecule has 1 aliphatic rings. The molecule has 6 nitrogen and oxygen atoms in total. The highest BCUT2D eigenvalue weighted by Crippen LogP contribution is 2.31. The summed E-state index contributed by atoms with van der Waals surface area (Å²) in [5.41, 5.74) is 3.87. The molecule has 1 saturated heterocycles. The number of aromatic nitrogens is 2. The predicted molar refractivity (Wildman–Crippen MR) is 119 cm³/mol. The Balaban J connectivity index is 1.54. The fraction of sp³-hybridized carbons (Fsp3) is 0.227. The number of aliphatic carboxylic acids is 1. The number of thioether (sulfide) groups is 1. The van der Waals surface area contributed by atoms with Gasteiger partial charge in [-0.2, -0.15) is 0 Å². The first-order valence-corrected chi connectivity index (χ1v) is 10.8. The van der Waals surface area contributed by atoms with Crippen molar-refractivity contribution in [3.8, 4) is 11.5 Å². The van der Waals surface area contributed by atoms with E-state index in [1.807, 2.05) is 12.1 Å². The smallest absolute Gasteiger partial charge is 0.342 e. The highest BCUT2D eigenvalue weighted by atomic mass is 35.5. The minimum Gasteiger partial charge on any atom is -0.477 e. The lowest BCUT2D eigenvalue weighted by atomic mass is 10.1. The van der Waals surface area contributed by atoms with Gasteiger partial charge in [-0.3, -0.25) is 0 Å². The van der Waals surface area contributed by atoms with Crippen LogP contribution < -0.4 is 4.90 Å². The van der Waals surface area contributed by atoms with Crippen molar-refractivity contribution >= 4 is 41.1 Å². The molecule has 0 amide bonds. The number of rotatable bonds is 6. The number of carboxylic acids is 1. The number of hydrogen-bond acceptors (Lipinski definition) is 6. The minimum absolute atomic E-state index is 0.106. The number of benzene rings is 2. The molecule has 0 spiro atoms. The van der Waals surface area contributed by atoms with Crippen molar-refractivity contribution < 1.29 is 14.3 Å². The second kappa shape index (κ2) is 8.93. The Bertz CT molecular complexity index is 1090. The molecule has 154 valence electrons. The number of halogens is 1. The van der Waals surface area contributed by atoms with Crippen LogP contribution in [0.4, 0.5) is 5.69 Å². The van der Waals surface area contributed by atoms with Gasteiger partial charge in [0.15, 0.2) is 0 Å². The fourth-order valence-electron chi connectivity index (χ4n) is 3.42. The number of anilines is 1. The molecule has 1 fully saturated rings. The lowest BCUT2D eigenvalue weighted by molar-refractivity contribution is -0.131. The van der Waals surface area contributed by atoms with Gasteiger partial charge in [-0.25, -0.2) is 4.79 Å². The number of aryl methyl sites for hydroxylation is 1. The van der Waals surface area contributed by atoms with E-state index >= 15 is 0 Å². The second-order valence-corrected chi connectivity index (χ2v) is 8.47.